The highest BCUT2D eigenvalue weighted by molar-refractivity contribution is 5.74. The molecule has 3 heterocycles. The number of carbonyl (C=O) groups excluding carboxylic acids is 1. The molecule has 2 aliphatic heterocycles. The molecule has 6 nitrogen and oxygen atoms in total. The first-order valence-corrected chi connectivity index (χ1v) is 7.16. The largest absolute Gasteiger partial charge is 0.378 e. The third kappa shape index (κ3) is 2.60. The monoisotopic (exact) mass is 276 g/mol. The molecule has 0 radical (unpaired) electrons. The number of aromatic nitrogens is 2. The number of morpholine rings is 1. The molecular formula is C14H20N4O2. The Kier molecular flexibility index (Phi) is 3.82. The van der Waals surface area contributed by atoms with Gasteiger partial charge in [-0.1, -0.05) is 0 Å². The van der Waals surface area contributed by atoms with Gasteiger partial charge in [-0.15, -0.1) is 0 Å². The number of amides is 2. The summed E-state index contributed by atoms with van der Waals surface area (Å²) in [6.07, 6.45) is 3.28. The van der Waals surface area contributed by atoms with Crippen molar-refractivity contribution in [1.29, 1.82) is 0 Å². The molecule has 0 spiro atoms. The highest BCUT2D eigenvalue weighted by atomic mass is 16.5. The molecule has 0 atom stereocenters. The number of hydrogen-bond donors (Lipinski definition) is 0. The van der Waals surface area contributed by atoms with Crippen molar-refractivity contribution in [3.05, 3.63) is 23.3 Å². The average Bonchev–Trinajstić information content (AvgIpc) is 2.71. The first kappa shape index (κ1) is 13.3. The van der Waals surface area contributed by atoms with Crippen molar-refractivity contribution in [2.75, 3.05) is 39.4 Å². The molecule has 1 fully saturated rings. The second kappa shape index (κ2) is 5.75. The second-order valence-electron chi connectivity index (χ2n) is 5.25. The smallest absolute Gasteiger partial charge is 0.320 e. The standard InChI is InChI=1S/C14H20N4O2/c1-11-12-2-4-17(5-3-13(12)16-10-15-11)14(19)18-6-8-20-9-7-18/h10H,2-9H2,1H3. The second-order valence-corrected chi connectivity index (χ2v) is 5.25. The summed E-state index contributed by atoms with van der Waals surface area (Å²) < 4.78 is 5.30. The molecule has 0 unspecified atom stereocenters. The van der Waals surface area contributed by atoms with Crippen molar-refractivity contribution in [2.45, 2.75) is 19.8 Å². The third-order valence-electron chi connectivity index (χ3n) is 4.05. The topological polar surface area (TPSA) is 58.6 Å². The van der Waals surface area contributed by atoms with E-state index in [1.54, 1.807) is 6.33 Å². The number of fused-ring (bicyclic) bond motifs is 1. The van der Waals surface area contributed by atoms with Crippen molar-refractivity contribution in [2.24, 2.45) is 0 Å². The molecule has 1 saturated heterocycles. The van der Waals surface area contributed by atoms with E-state index in [2.05, 4.69) is 9.97 Å². The summed E-state index contributed by atoms with van der Waals surface area (Å²) in [6.45, 7) is 6.17. The minimum absolute atomic E-state index is 0.131. The van der Waals surface area contributed by atoms with Gasteiger partial charge in [0.2, 0.25) is 0 Å². The molecule has 2 aliphatic rings. The SMILES string of the molecule is Cc1ncnc2c1CCN(C(=O)N1CCOCC1)CC2. The molecule has 108 valence electrons. The lowest BCUT2D eigenvalue weighted by molar-refractivity contribution is 0.0436. The van der Waals surface area contributed by atoms with Crippen LogP contribution in [0, 0.1) is 6.92 Å². The van der Waals surface area contributed by atoms with Crippen LogP contribution in [0.5, 0.6) is 0 Å². The minimum Gasteiger partial charge on any atom is -0.378 e. The maximum Gasteiger partial charge on any atom is 0.320 e. The summed E-state index contributed by atoms with van der Waals surface area (Å²) in [5.74, 6) is 0. The molecule has 1 aromatic rings. The summed E-state index contributed by atoms with van der Waals surface area (Å²) in [6, 6.07) is 0.131. The summed E-state index contributed by atoms with van der Waals surface area (Å²) in [7, 11) is 0. The van der Waals surface area contributed by atoms with Crippen LogP contribution in [0.25, 0.3) is 0 Å². The Morgan fingerprint density at radius 1 is 1.10 bits per heavy atom. The quantitative estimate of drug-likeness (QED) is 0.697. The van der Waals surface area contributed by atoms with Crippen molar-refractivity contribution in [3.8, 4) is 0 Å². The van der Waals surface area contributed by atoms with Crippen LogP contribution in [0.3, 0.4) is 0 Å². The third-order valence-corrected chi connectivity index (χ3v) is 4.05. The van der Waals surface area contributed by atoms with E-state index in [1.807, 2.05) is 16.7 Å². The van der Waals surface area contributed by atoms with E-state index in [9.17, 15) is 4.79 Å². The zero-order chi connectivity index (χ0) is 13.9. The first-order chi connectivity index (χ1) is 9.75. The number of hydrogen-bond acceptors (Lipinski definition) is 4. The van der Waals surface area contributed by atoms with Crippen molar-refractivity contribution < 1.29 is 9.53 Å². The van der Waals surface area contributed by atoms with E-state index < -0.39 is 0 Å². The van der Waals surface area contributed by atoms with Gasteiger partial charge < -0.3 is 14.5 Å². The normalized spacial score (nSPS) is 19.4. The van der Waals surface area contributed by atoms with E-state index in [1.165, 1.54) is 5.56 Å². The van der Waals surface area contributed by atoms with E-state index >= 15 is 0 Å². The highest BCUT2D eigenvalue weighted by Crippen LogP contribution is 2.17. The summed E-state index contributed by atoms with van der Waals surface area (Å²) in [5, 5.41) is 0. The summed E-state index contributed by atoms with van der Waals surface area (Å²) in [4.78, 5) is 24.9. The highest BCUT2D eigenvalue weighted by Gasteiger charge is 2.25. The minimum atomic E-state index is 0.131. The van der Waals surface area contributed by atoms with Gasteiger partial charge in [0, 0.05) is 44.0 Å². The van der Waals surface area contributed by atoms with E-state index in [-0.39, 0.29) is 6.03 Å². The molecule has 0 aromatic carbocycles. The van der Waals surface area contributed by atoms with Gasteiger partial charge in [0.15, 0.2) is 0 Å². The van der Waals surface area contributed by atoms with Gasteiger partial charge in [0.1, 0.15) is 6.33 Å². The van der Waals surface area contributed by atoms with Crippen molar-refractivity contribution in [3.63, 3.8) is 0 Å². The van der Waals surface area contributed by atoms with Crippen LogP contribution in [0.2, 0.25) is 0 Å². The molecule has 0 aliphatic carbocycles. The van der Waals surface area contributed by atoms with Gasteiger partial charge >= 0.3 is 6.03 Å². The fraction of sp³-hybridized carbons (Fsp3) is 0.643. The van der Waals surface area contributed by atoms with Crippen LogP contribution in [-0.2, 0) is 17.6 Å². The van der Waals surface area contributed by atoms with E-state index in [0.717, 1.165) is 37.3 Å². The van der Waals surface area contributed by atoms with Gasteiger partial charge in [0.25, 0.3) is 0 Å². The summed E-state index contributed by atoms with van der Waals surface area (Å²) in [5.41, 5.74) is 3.34. The van der Waals surface area contributed by atoms with Gasteiger partial charge in [-0.05, 0) is 18.9 Å². The number of rotatable bonds is 0. The maximum absolute atomic E-state index is 12.5. The van der Waals surface area contributed by atoms with Gasteiger partial charge in [-0.2, -0.15) is 0 Å². The fourth-order valence-corrected chi connectivity index (χ4v) is 2.84. The number of nitrogens with zero attached hydrogens (tertiary/aromatic N) is 4. The molecule has 6 heteroatoms. The average molecular weight is 276 g/mol. The van der Waals surface area contributed by atoms with Crippen LogP contribution >= 0.6 is 0 Å². The van der Waals surface area contributed by atoms with Gasteiger partial charge in [-0.25, -0.2) is 14.8 Å². The van der Waals surface area contributed by atoms with Crippen LogP contribution in [0.1, 0.15) is 17.0 Å². The van der Waals surface area contributed by atoms with Gasteiger partial charge in [-0.3, -0.25) is 0 Å². The fourth-order valence-electron chi connectivity index (χ4n) is 2.84. The van der Waals surface area contributed by atoms with Crippen molar-refractivity contribution in [1.82, 2.24) is 19.8 Å². The Morgan fingerprint density at radius 3 is 2.60 bits per heavy atom. The predicted molar refractivity (Wildman–Crippen MR) is 73.5 cm³/mol. The van der Waals surface area contributed by atoms with Crippen LogP contribution in [0.15, 0.2) is 6.33 Å². The molecule has 2 amide bonds. The Bertz CT molecular complexity index is 500. The summed E-state index contributed by atoms with van der Waals surface area (Å²) >= 11 is 0. The number of urea groups is 1. The maximum atomic E-state index is 12.5. The van der Waals surface area contributed by atoms with Crippen LogP contribution in [0.4, 0.5) is 4.79 Å². The van der Waals surface area contributed by atoms with Crippen LogP contribution in [-0.4, -0.2) is 65.2 Å². The lowest BCUT2D eigenvalue weighted by Gasteiger charge is -2.32. The zero-order valence-electron chi connectivity index (χ0n) is 11.8. The Labute approximate surface area is 118 Å². The molecule has 3 rings (SSSR count). The Hall–Kier alpha value is -1.69. The lowest BCUT2D eigenvalue weighted by Crippen LogP contribution is -2.48. The number of aryl methyl sites for hydroxylation is 1. The molecule has 1 aromatic heterocycles. The first-order valence-electron chi connectivity index (χ1n) is 7.16. The molecular weight excluding hydrogens is 256 g/mol. The number of carbonyl (C=O) groups is 1. The molecule has 20 heavy (non-hydrogen) atoms. The molecule has 0 N–H and O–H groups in total. The van der Waals surface area contributed by atoms with Gasteiger partial charge in [0.05, 0.1) is 13.2 Å². The van der Waals surface area contributed by atoms with Crippen LogP contribution < -0.4 is 0 Å². The Balaban J connectivity index is 1.69. The lowest BCUT2D eigenvalue weighted by atomic mass is 10.1. The van der Waals surface area contributed by atoms with E-state index in [0.29, 0.717) is 26.3 Å². The van der Waals surface area contributed by atoms with E-state index in [4.69, 9.17) is 4.74 Å². The molecule has 0 bridgehead atoms. The Morgan fingerprint density at radius 2 is 1.80 bits per heavy atom. The predicted octanol–water partition coefficient (Wildman–Crippen LogP) is 0.638. The van der Waals surface area contributed by atoms with Crippen molar-refractivity contribution >= 4 is 6.03 Å². The zero-order valence-corrected chi connectivity index (χ0v) is 11.8. The molecule has 0 saturated carbocycles. The number of ether oxygens (including phenoxy) is 1.